The molecule has 4 N–H and O–H groups in total. The molecule has 368 valence electrons. The first-order valence-electron chi connectivity index (χ1n) is 24.6. The van der Waals surface area contributed by atoms with Crippen LogP contribution in [0.4, 0.5) is 29.7 Å². The molecule has 6 heterocycles. The lowest BCUT2D eigenvalue weighted by atomic mass is 10.0. The van der Waals surface area contributed by atoms with E-state index in [-0.39, 0.29) is 59.2 Å². The van der Waals surface area contributed by atoms with Gasteiger partial charge < -0.3 is 49.7 Å². The number of anilines is 2. The zero-order chi connectivity index (χ0) is 48.7. The molecule has 4 aliphatic heterocycles. The number of hydrogen-bond acceptors (Lipinski definition) is 10. The Bertz CT molecular complexity index is 2570. The zero-order valence-corrected chi connectivity index (χ0v) is 40.3. The van der Waals surface area contributed by atoms with Crippen LogP contribution in [0.15, 0.2) is 48.5 Å². The Morgan fingerprint density at radius 2 is 1.04 bits per heavy atom. The number of piperidine rings is 1. The Balaban J connectivity index is 1.04. The van der Waals surface area contributed by atoms with Crippen molar-refractivity contribution in [2.24, 2.45) is 11.8 Å². The average Bonchev–Trinajstić information content (AvgIpc) is 4.21. The molecule has 4 amide bonds. The number of nitrogens with one attached hydrogen (secondary N) is 4. The van der Waals surface area contributed by atoms with Crippen LogP contribution in [0.25, 0.3) is 22.1 Å². The van der Waals surface area contributed by atoms with E-state index in [4.69, 9.17) is 19.4 Å². The molecule has 0 spiro atoms. The second-order valence-corrected chi connectivity index (χ2v) is 19.7. The molecular formula is C51H64F2N10O6. The highest BCUT2D eigenvalue weighted by Crippen LogP contribution is 2.49. The van der Waals surface area contributed by atoms with E-state index < -0.39 is 35.9 Å². The van der Waals surface area contributed by atoms with Crippen LogP contribution in [-0.2, 0) is 19.1 Å². The summed E-state index contributed by atoms with van der Waals surface area (Å²) >= 11 is 0. The van der Waals surface area contributed by atoms with Crippen molar-refractivity contribution < 1.29 is 37.4 Å². The number of alkyl carbamates (subject to hydrolysis) is 2. The summed E-state index contributed by atoms with van der Waals surface area (Å²) in [6.45, 7) is 9.91. The number of amides is 4. The fraction of sp³-hybridized carbons (Fsp3) is 0.529. The van der Waals surface area contributed by atoms with Crippen molar-refractivity contribution in [1.82, 2.24) is 40.4 Å². The van der Waals surface area contributed by atoms with E-state index in [1.54, 1.807) is 9.80 Å². The van der Waals surface area contributed by atoms with Crippen molar-refractivity contribution in [2.45, 2.75) is 122 Å². The first-order valence-corrected chi connectivity index (χ1v) is 24.6. The number of benzene rings is 3. The number of carbonyl (C=O) groups is 4. The number of fused-ring (bicyclic) bond motifs is 2. The van der Waals surface area contributed by atoms with Crippen molar-refractivity contribution in [3.63, 3.8) is 0 Å². The minimum absolute atomic E-state index is 0.172. The molecule has 0 bridgehead atoms. The lowest BCUT2D eigenvalue weighted by molar-refractivity contribution is -0.136. The molecule has 0 aliphatic carbocycles. The summed E-state index contributed by atoms with van der Waals surface area (Å²) in [5.74, 6) is -0.417. The Kier molecular flexibility index (Phi) is 13.7. The van der Waals surface area contributed by atoms with Gasteiger partial charge in [0.05, 0.1) is 71.8 Å². The van der Waals surface area contributed by atoms with Crippen LogP contribution in [0.1, 0.15) is 132 Å². The number of nitrogens with zero attached hydrogens (tertiary/aromatic N) is 6. The van der Waals surface area contributed by atoms with Gasteiger partial charge in [-0.3, -0.25) is 9.59 Å². The molecule has 0 saturated carbocycles. The molecule has 3 aromatic carbocycles. The van der Waals surface area contributed by atoms with Gasteiger partial charge in [0.25, 0.3) is 0 Å². The van der Waals surface area contributed by atoms with Crippen LogP contribution in [0, 0.1) is 23.5 Å². The summed E-state index contributed by atoms with van der Waals surface area (Å²) in [6, 6.07) is 11.8. The Morgan fingerprint density at radius 1 is 0.594 bits per heavy atom. The highest BCUT2D eigenvalue weighted by Gasteiger charge is 2.41. The summed E-state index contributed by atoms with van der Waals surface area (Å²) in [4.78, 5) is 76.7. The van der Waals surface area contributed by atoms with Gasteiger partial charge >= 0.3 is 12.2 Å². The second kappa shape index (κ2) is 19.9. The summed E-state index contributed by atoms with van der Waals surface area (Å²) in [5, 5.41) is 5.41. The summed E-state index contributed by atoms with van der Waals surface area (Å²) in [7, 11) is 2.55. The summed E-state index contributed by atoms with van der Waals surface area (Å²) in [6.07, 6.45) is 5.80. The number of rotatable bonds is 12. The predicted molar refractivity (Wildman–Crippen MR) is 258 cm³/mol. The number of carbonyl (C=O) groups excluding carboxylic acids is 4. The van der Waals surface area contributed by atoms with E-state index in [0.29, 0.717) is 74.5 Å². The van der Waals surface area contributed by atoms with Crippen molar-refractivity contribution in [2.75, 3.05) is 50.2 Å². The molecule has 18 heteroatoms. The second-order valence-electron chi connectivity index (χ2n) is 19.7. The fourth-order valence-electron chi connectivity index (χ4n) is 11.1. The minimum Gasteiger partial charge on any atom is -0.453 e. The predicted octanol–water partition coefficient (Wildman–Crippen LogP) is 8.88. The third-order valence-corrected chi connectivity index (χ3v) is 14.7. The van der Waals surface area contributed by atoms with Gasteiger partial charge in [0.2, 0.25) is 11.8 Å². The smallest absolute Gasteiger partial charge is 0.407 e. The molecule has 4 saturated heterocycles. The molecular weight excluding hydrogens is 887 g/mol. The maximum Gasteiger partial charge on any atom is 0.407 e. The number of imidazole rings is 2. The Hall–Kier alpha value is -6.46. The number of aromatic nitrogens is 4. The van der Waals surface area contributed by atoms with Gasteiger partial charge in [-0.25, -0.2) is 28.3 Å². The maximum absolute atomic E-state index is 16.9. The van der Waals surface area contributed by atoms with Crippen LogP contribution in [-0.4, -0.2) is 106 Å². The average molecular weight is 951 g/mol. The van der Waals surface area contributed by atoms with Crippen molar-refractivity contribution in [3.8, 4) is 0 Å². The van der Waals surface area contributed by atoms with Crippen LogP contribution < -0.4 is 20.4 Å². The van der Waals surface area contributed by atoms with Crippen molar-refractivity contribution >= 4 is 57.4 Å². The number of hydrogen-bond donors (Lipinski definition) is 4. The van der Waals surface area contributed by atoms with E-state index in [1.165, 1.54) is 26.4 Å². The molecule has 69 heavy (non-hydrogen) atoms. The third-order valence-electron chi connectivity index (χ3n) is 14.7. The molecule has 2 aromatic heterocycles. The number of likely N-dealkylation sites (tertiary alicyclic amines) is 2. The molecule has 9 rings (SSSR count). The van der Waals surface area contributed by atoms with E-state index in [1.807, 2.05) is 73.9 Å². The summed E-state index contributed by atoms with van der Waals surface area (Å²) < 4.78 is 42.9. The van der Waals surface area contributed by atoms with E-state index in [9.17, 15) is 19.2 Å². The van der Waals surface area contributed by atoms with Gasteiger partial charge in [-0.05, 0) is 105 Å². The van der Waals surface area contributed by atoms with Crippen LogP contribution in [0.5, 0.6) is 0 Å². The highest BCUT2D eigenvalue weighted by molar-refractivity contribution is 5.88. The molecule has 16 nitrogen and oxygen atoms in total. The maximum atomic E-state index is 16.9. The van der Waals surface area contributed by atoms with E-state index in [0.717, 1.165) is 54.3 Å². The number of aromatic amines is 2. The van der Waals surface area contributed by atoms with Crippen LogP contribution in [0.3, 0.4) is 0 Å². The molecule has 5 aromatic rings. The van der Waals surface area contributed by atoms with Gasteiger partial charge in [-0.2, -0.15) is 0 Å². The highest BCUT2D eigenvalue weighted by atomic mass is 19.1. The Labute approximate surface area is 400 Å². The fourth-order valence-corrected chi connectivity index (χ4v) is 11.1. The quantitative estimate of drug-likeness (QED) is 0.0944. The van der Waals surface area contributed by atoms with Gasteiger partial charge in [-0.15, -0.1) is 0 Å². The van der Waals surface area contributed by atoms with Gasteiger partial charge in [0.1, 0.15) is 35.4 Å². The van der Waals surface area contributed by atoms with Crippen molar-refractivity contribution in [1.29, 1.82) is 0 Å². The molecule has 4 aliphatic rings. The van der Waals surface area contributed by atoms with Gasteiger partial charge in [-0.1, -0.05) is 39.8 Å². The lowest BCUT2D eigenvalue weighted by Gasteiger charge is -2.35. The SMILES string of the molecule is COC(=O)NC(C(=O)N1CCC[C@H]1c1nc2cc([C@H]3CC[C@H](c4ccc5[nH]c([C@@H]6CCCN6C(=O)[C@@H](NC(=O)OC)C(C)C)nc5c4)N3c3cc(F)c(N4CCCCC4)cc3F)ccc2[nH]1)C(C)C. The lowest BCUT2D eigenvalue weighted by Crippen LogP contribution is -2.51. The summed E-state index contributed by atoms with van der Waals surface area (Å²) in [5.41, 5.74) is 5.18. The zero-order valence-electron chi connectivity index (χ0n) is 40.3. The number of halogens is 2. The van der Waals surface area contributed by atoms with E-state index >= 15 is 8.78 Å². The number of H-pyrrole nitrogens is 2. The molecule has 1 unspecified atom stereocenters. The Morgan fingerprint density at radius 3 is 1.49 bits per heavy atom. The topological polar surface area (TPSA) is 181 Å². The normalized spacial score (nSPS) is 21.7. The molecule has 0 radical (unpaired) electrons. The molecule has 6 atom stereocenters. The minimum atomic E-state index is -0.764. The standard InChI is InChI=1S/C51H64F2N10O6/c1-28(2)44(58-50(66)68-5)48(64)61-22-10-12-40(61)46-54-34-16-14-30(24-36(34)56-46)38-18-19-39(63(38)43-27-32(52)42(26-33(43)53)60-20-8-7-9-21-60)31-15-17-35-37(25-31)57-47(55-35)41-13-11-23-62(41)49(65)45(29(3)4)59-51(67)69-6/h14-17,24-29,38-41,44-45H,7-13,18-23H2,1-6H3,(H,54,56)(H,55,57)(H,58,66)(H,59,67)/t38-,39-,40+,41+,44+,45?/m1/s1. The first-order chi connectivity index (χ1) is 33.2. The third kappa shape index (κ3) is 9.38. The largest absolute Gasteiger partial charge is 0.453 e. The van der Waals surface area contributed by atoms with Gasteiger partial charge in [0.15, 0.2) is 0 Å². The van der Waals surface area contributed by atoms with Gasteiger partial charge in [0, 0.05) is 38.3 Å². The van der Waals surface area contributed by atoms with Crippen molar-refractivity contribution in [3.05, 3.63) is 82.9 Å². The monoisotopic (exact) mass is 950 g/mol. The first kappa shape index (κ1) is 47.6. The number of ether oxygens (including phenoxy) is 2. The van der Waals surface area contributed by atoms with Crippen LogP contribution >= 0.6 is 0 Å². The van der Waals surface area contributed by atoms with E-state index in [2.05, 4.69) is 20.6 Å². The molecule has 4 fully saturated rings. The number of methoxy groups -OCH3 is 2. The van der Waals surface area contributed by atoms with Crippen LogP contribution in [0.2, 0.25) is 0 Å².